The third-order valence-electron chi connectivity index (χ3n) is 4.93. The number of hydrogen-bond donors (Lipinski definition) is 2. The lowest BCUT2D eigenvalue weighted by Gasteiger charge is -2.17. The van der Waals surface area contributed by atoms with E-state index in [0.717, 1.165) is 11.3 Å². The number of hydrogen-bond acceptors (Lipinski definition) is 4. The van der Waals surface area contributed by atoms with Gasteiger partial charge in [-0.15, -0.1) is 0 Å². The van der Waals surface area contributed by atoms with Crippen LogP contribution in [0.5, 0.6) is 11.5 Å². The van der Waals surface area contributed by atoms with Crippen LogP contribution in [0.1, 0.15) is 10.4 Å². The first-order valence-electron chi connectivity index (χ1n) is 9.86. The standard InChI is InChI=1S/C24H26N4O3/c1-4-21(29)27(3)14-15-28-16-20(22(23(25)30)24(28)26-2)17-10-12-19(13-11-17)31-18-8-6-5-7-9-18/h4-13,16,26H,1,14-15H2,2-3H3,(H2,25,30). The van der Waals surface area contributed by atoms with Crippen molar-refractivity contribution in [3.8, 4) is 22.6 Å². The summed E-state index contributed by atoms with van der Waals surface area (Å²) in [5.74, 6) is 1.34. The van der Waals surface area contributed by atoms with Crippen LogP contribution in [-0.4, -0.2) is 41.9 Å². The highest BCUT2D eigenvalue weighted by atomic mass is 16.5. The van der Waals surface area contributed by atoms with E-state index < -0.39 is 5.91 Å². The van der Waals surface area contributed by atoms with E-state index in [-0.39, 0.29) is 5.91 Å². The maximum atomic E-state index is 12.3. The Labute approximate surface area is 181 Å². The second-order valence-corrected chi connectivity index (χ2v) is 6.98. The van der Waals surface area contributed by atoms with Crippen LogP contribution in [0, 0.1) is 0 Å². The number of carbonyl (C=O) groups excluding carboxylic acids is 2. The first-order chi connectivity index (χ1) is 14.9. The molecule has 2 aromatic carbocycles. The molecule has 3 N–H and O–H groups in total. The first kappa shape index (κ1) is 21.7. The van der Waals surface area contributed by atoms with Crippen molar-refractivity contribution in [3.05, 3.63) is 79.0 Å². The molecule has 0 saturated heterocycles. The van der Waals surface area contributed by atoms with Gasteiger partial charge in [0.1, 0.15) is 17.3 Å². The van der Waals surface area contributed by atoms with Gasteiger partial charge in [0.2, 0.25) is 5.91 Å². The molecule has 0 radical (unpaired) electrons. The Bertz CT molecular complexity index is 1070. The number of nitrogens with two attached hydrogens (primary N) is 1. The van der Waals surface area contributed by atoms with Crippen molar-refractivity contribution >= 4 is 17.6 Å². The summed E-state index contributed by atoms with van der Waals surface area (Å²) in [6.45, 7) is 4.45. The van der Waals surface area contributed by atoms with Crippen LogP contribution in [0.15, 0.2) is 73.4 Å². The zero-order valence-corrected chi connectivity index (χ0v) is 17.7. The van der Waals surface area contributed by atoms with E-state index in [2.05, 4.69) is 11.9 Å². The highest BCUT2D eigenvalue weighted by Gasteiger charge is 2.21. The number of benzene rings is 2. The molecule has 0 atom stereocenters. The van der Waals surface area contributed by atoms with Crippen LogP contribution in [0.3, 0.4) is 0 Å². The average molecular weight is 418 g/mol. The summed E-state index contributed by atoms with van der Waals surface area (Å²) < 4.78 is 7.73. The molecule has 31 heavy (non-hydrogen) atoms. The average Bonchev–Trinajstić information content (AvgIpc) is 3.17. The predicted molar refractivity (Wildman–Crippen MR) is 122 cm³/mol. The third kappa shape index (κ3) is 4.95. The van der Waals surface area contributed by atoms with Crippen LogP contribution < -0.4 is 15.8 Å². The summed E-state index contributed by atoms with van der Waals surface area (Å²) in [6, 6.07) is 17.0. The maximum Gasteiger partial charge on any atom is 0.253 e. The minimum atomic E-state index is -0.529. The Hall–Kier alpha value is -4.00. The van der Waals surface area contributed by atoms with Crippen LogP contribution >= 0.6 is 0 Å². The van der Waals surface area contributed by atoms with Gasteiger partial charge in [-0.25, -0.2) is 0 Å². The van der Waals surface area contributed by atoms with Crippen molar-refractivity contribution < 1.29 is 14.3 Å². The van der Waals surface area contributed by atoms with Gasteiger partial charge in [0.05, 0.1) is 5.56 Å². The van der Waals surface area contributed by atoms with Crippen LogP contribution in [0.4, 0.5) is 5.82 Å². The zero-order chi connectivity index (χ0) is 22.4. The number of nitrogens with one attached hydrogen (secondary N) is 1. The van der Waals surface area contributed by atoms with Gasteiger partial charge in [0, 0.05) is 38.9 Å². The Kier molecular flexibility index (Phi) is 6.77. The lowest BCUT2D eigenvalue weighted by molar-refractivity contribution is -0.124. The Balaban J connectivity index is 1.89. The lowest BCUT2D eigenvalue weighted by Crippen LogP contribution is -2.28. The number of likely N-dealkylation sites (N-methyl/N-ethyl adjacent to an activating group) is 1. The van der Waals surface area contributed by atoms with Gasteiger partial charge in [-0.2, -0.15) is 0 Å². The van der Waals surface area contributed by atoms with Crippen LogP contribution in [0.25, 0.3) is 11.1 Å². The third-order valence-corrected chi connectivity index (χ3v) is 4.93. The molecule has 3 rings (SSSR count). The molecular weight excluding hydrogens is 392 g/mol. The highest BCUT2D eigenvalue weighted by Crippen LogP contribution is 2.33. The quantitative estimate of drug-likeness (QED) is 0.518. The number of ether oxygens (including phenoxy) is 1. The highest BCUT2D eigenvalue weighted by molar-refractivity contribution is 6.05. The second kappa shape index (κ2) is 9.67. The fourth-order valence-corrected chi connectivity index (χ4v) is 3.32. The Morgan fingerprint density at radius 3 is 2.35 bits per heavy atom. The maximum absolute atomic E-state index is 12.3. The van der Waals surface area contributed by atoms with Crippen molar-refractivity contribution in [2.75, 3.05) is 26.0 Å². The van der Waals surface area contributed by atoms with Gasteiger partial charge < -0.3 is 25.3 Å². The molecule has 0 fully saturated rings. The molecule has 0 unspecified atom stereocenters. The molecule has 0 saturated carbocycles. The summed E-state index contributed by atoms with van der Waals surface area (Å²) in [5.41, 5.74) is 7.65. The fraction of sp³-hybridized carbons (Fsp3) is 0.167. The summed E-state index contributed by atoms with van der Waals surface area (Å²) >= 11 is 0. The van der Waals surface area contributed by atoms with E-state index in [1.165, 1.54) is 6.08 Å². The number of carbonyl (C=O) groups is 2. The molecule has 0 aliphatic carbocycles. The van der Waals surface area contributed by atoms with Crippen molar-refractivity contribution in [2.24, 2.45) is 5.73 Å². The minimum Gasteiger partial charge on any atom is -0.457 e. The van der Waals surface area contributed by atoms with Crippen LogP contribution in [0.2, 0.25) is 0 Å². The van der Waals surface area contributed by atoms with Gasteiger partial charge in [-0.1, -0.05) is 36.9 Å². The van der Waals surface area contributed by atoms with Gasteiger partial charge >= 0.3 is 0 Å². The van der Waals surface area contributed by atoms with Gasteiger partial charge in [-0.05, 0) is 35.9 Å². The zero-order valence-electron chi connectivity index (χ0n) is 17.7. The molecule has 160 valence electrons. The van der Waals surface area contributed by atoms with Gasteiger partial charge in [0.25, 0.3) is 5.91 Å². The van der Waals surface area contributed by atoms with Crippen molar-refractivity contribution in [2.45, 2.75) is 6.54 Å². The lowest BCUT2D eigenvalue weighted by atomic mass is 10.0. The van der Waals surface area contributed by atoms with Gasteiger partial charge in [-0.3, -0.25) is 9.59 Å². The molecule has 3 aromatic rings. The SMILES string of the molecule is C=CC(=O)N(C)CCn1cc(-c2ccc(Oc3ccccc3)cc2)c(C(N)=O)c1NC. The number of rotatable bonds is 9. The van der Waals surface area contributed by atoms with Crippen molar-refractivity contribution in [3.63, 3.8) is 0 Å². The van der Waals surface area contributed by atoms with E-state index in [1.54, 1.807) is 19.0 Å². The molecule has 0 aliphatic rings. The van der Waals surface area contributed by atoms with Crippen LogP contribution in [-0.2, 0) is 11.3 Å². The number of amides is 2. The fourth-order valence-electron chi connectivity index (χ4n) is 3.32. The monoisotopic (exact) mass is 418 g/mol. The van der Waals surface area contributed by atoms with Crippen molar-refractivity contribution in [1.82, 2.24) is 9.47 Å². The van der Waals surface area contributed by atoms with E-state index in [4.69, 9.17) is 10.5 Å². The first-order valence-corrected chi connectivity index (χ1v) is 9.86. The van der Waals surface area contributed by atoms with Crippen molar-refractivity contribution in [1.29, 1.82) is 0 Å². The van der Waals surface area contributed by atoms with E-state index in [0.29, 0.717) is 35.8 Å². The van der Waals surface area contributed by atoms with E-state index >= 15 is 0 Å². The normalized spacial score (nSPS) is 10.4. The summed E-state index contributed by atoms with van der Waals surface area (Å²) in [7, 11) is 3.44. The number of anilines is 1. The molecule has 2 amide bonds. The Morgan fingerprint density at radius 2 is 1.77 bits per heavy atom. The van der Waals surface area contributed by atoms with E-state index in [9.17, 15) is 9.59 Å². The van der Waals surface area contributed by atoms with E-state index in [1.807, 2.05) is 65.4 Å². The molecular formula is C24H26N4O3. The number of nitrogens with zero attached hydrogens (tertiary/aromatic N) is 2. The minimum absolute atomic E-state index is 0.164. The summed E-state index contributed by atoms with van der Waals surface area (Å²) in [5, 5.41) is 3.06. The number of para-hydroxylation sites is 1. The molecule has 0 spiro atoms. The molecule has 7 heteroatoms. The Morgan fingerprint density at radius 1 is 1.13 bits per heavy atom. The molecule has 1 aromatic heterocycles. The largest absolute Gasteiger partial charge is 0.457 e. The topological polar surface area (TPSA) is 89.6 Å². The molecule has 0 bridgehead atoms. The molecule has 7 nitrogen and oxygen atoms in total. The number of aromatic nitrogens is 1. The molecule has 1 heterocycles. The summed E-state index contributed by atoms with van der Waals surface area (Å²) in [6.07, 6.45) is 3.14. The molecule has 0 aliphatic heterocycles. The summed E-state index contributed by atoms with van der Waals surface area (Å²) in [4.78, 5) is 25.6. The van der Waals surface area contributed by atoms with Gasteiger partial charge in [0.15, 0.2) is 0 Å². The number of primary amides is 1. The smallest absolute Gasteiger partial charge is 0.253 e. The predicted octanol–water partition coefficient (Wildman–Crippen LogP) is 3.73. The second-order valence-electron chi connectivity index (χ2n) is 6.98.